The summed E-state index contributed by atoms with van der Waals surface area (Å²) in [5.41, 5.74) is 1.95. The molecule has 0 heterocycles. The number of methoxy groups -OCH3 is 1. The molecule has 3 rings (SSSR count). The average Bonchev–Trinajstić information content (AvgIpc) is 2.78. The molecule has 2 amide bonds. The first-order chi connectivity index (χ1) is 15.0. The van der Waals surface area contributed by atoms with E-state index in [1.54, 1.807) is 60.7 Å². The second-order valence-electron chi connectivity index (χ2n) is 6.41. The summed E-state index contributed by atoms with van der Waals surface area (Å²) in [7, 11) is 1.52. The van der Waals surface area contributed by atoms with Crippen LogP contribution in [0, 0.1) is 10.1 Å². The lowest BCUT2D eigenvalue weighted by molar-refractivity contribution is -0.384. The summed E-state index contributed by atoms with van der Waals surface area (Å²) in [6, 6.07) is 19.4. The molecule has 0 bridgehead atoms. The van der Waals surface area contributed by atoms with Gasteiger partial charge >= 0.3 is 0 Å². The number of hydrogen-bond donors (Lipinski definition) is 2. The lowest BCUT2D eigenvalue weighted by atomic mass is 10.1. The average molecular weight is 417 g/mol. The number of rotatable bonds is 7. The highest BCUT2D eigenvalue weighted by Gasteiger charge is 2.10. The van der Waals surface area contributed by atoms with E-state index in [1.165, 1.54) is 31.4 Å². The van der Waals surface area contributed by atoms with E-state index >= 15 is 0 Å². The predicted octanol–water partition coefficient (Wildman–Crippen LogP) is 4.51. The Bertz CT molecular complexity index is 1140. The Kier molecular flexibility index (Phi) is 6.74. The summed E-state index contributed by atoms with van der Waals surface area (Å²) in [4.78, 5) is 34.9. The Hall–Kier alpha value is -4.46. The van der Waals surface area contributed by atoms with Crippen LogP contribution < -0.4 is 15.4 Å². The van der Waals surface area contributed by atoms with Crippen molar-refractivity contribution in [3.05, 3.63) is 100 Å². The van der Waals surface area contributed by atoms with Gasteiger partial charge in [-0.1, -0.05) is 24.3 Å². The number of nitro groups is 1. The lowest BCUT2D eigenvalue weighted by Gasteiger charge is -2.10. The van der Waals surface area contributed by atoms with Crippen molar-refractivity contribution in [2.45, 2.75) is 0 Å². The van der Waals surface area contributed by atoms with E-state index in [2.05, 4.69) is 10.6 Å². The van der Waals surface area contributed by atoms with Gasteiger partial charge in [-0.3, -0.25) is 19.7 Å². The van der Waals surface area contributed by atoms with Crippen molar-refractivity contribution < 1.29 is 19.2 Å². The minimum absolute atomic E-state index is 0.0513. The first-order valence-corrected chi connectivity index (χ1v) is 9.24. The summed E-state index contributed by atoms with van der Waals surface area (Å²) in [6.07, 6.45) is 2.76. The zero-order valence-corrected chi connectivity index (χ0v) is 16.6. The maximum absolute atomic E-state index is 12.4. The van der Waals surface area contributed by atoms with Gasteiger partial charge < -0.3 is 15.4 Å². The third-order valence-electron chi connectivity index (χ3n) is 4.28. The van der Waals surface area contributed by atoms with Crippen LogP contribution in [0.2, 0.25) is 0 Å². The molecular weight excluding hydrogens is 398 g/mol. The van der Waals surface area contributed by atoms with Crippen LogP contribution in [0.4, 0.5) is 17.1 Å². The normalized spacial score (nSPS) is 10.5. The van der Waals surface area contributed by atoms with Crippen molar-refractivity contribution in [3.8, 4) is 5.75 Å². The van der Waals surface area contributed by atoms with Gasteiger partial charge in [0.15, 0.2) is 0 Å². The zero-order valence-electron chi connectivity index (χ0n) is 16.6. The molecule has 0 radical (unpaired) electrons. The van der Waals surface area contributed by atoms with Gasteiger partial charge in [0.2, 0.25) is 5.91 Å². The smallest absolute Gasteiger partial charge is 0.270 e. The topological polar surface area (TPSA) is 111 Å². The second kappa shape index (κ2) is 9.84. The highest BCUT2D eigenvalue weighted by molar-refractivity contribution is 6.06. The Morgan fingerprint density at radius 2 is 1.71 bits per heavy atom. The fourth-order valence-electron chi connectivity index (χ4n) is 2.75. The van der Waals surface area contributed by atoms with Crippen LogP contribution in [0.3, 0.4) is 0 Å². The first-order valence-electron chi connectivity index (χ1n) is 9.24. The van der Waals surface area contributed by atoms with Gasteiger partial charge in [0.1, 0.15) is 5.75 Å². The standard InChI is InChI=1S/C23H19N3O5/c1-31-21-8-3-2-7-20(21)25-23(28)17-10-12-18(13-11-17)24-22(27)14-9-16-5-4-6-19(15-16)26(29)30/h2-15H,1H3,(H,24,27)(H,25,28)/b14-9+. The molecule has 3 aromatic rings. The molecule has 0 saturated heterocycles. The number of non-ortho nitro benzene ring substituents is 1. The molecule has 156 valence electrons. The van der Waals surface area contributed by atoms with Crippen molar-refractivity contribution in [1.29, 1.82) is 0 Å². The van der Waals surface area contributed by atoms with Gasteiger partial charge in [-0.15, -0.1) is 0 Å². The Balaban J connectivity index is 1.61. The Morgan fingerprint density at radius 3 is 2.42 bits per heavy atom. The van der Waals surface area contributed by atoms with Gasteiger partial charge in [-0.05, 0) is 48.0 Å². The number of carbonyl (C=O) groups is 2. The largest absolute Gasteiger partial charge is 0.495 e. The van der Waals surface area contributed by atoms with Crippen molar-refractivity contribution >= 4 is 35.0 Å². The highest BCUT2D eigenvalue weighted by atomic mass is 16.6. The second-order valence-corrected chi connectivity index (χ2v) is 6.41. The molecule has 0 fully saturated rings. The molecule has 0 aliphatic heterocycles. The molecule has 0 unspecified atom stereocenters. The fourth-order valence-corrected chi connectivity index (χ4v) is 2.75. The summed E-state index contributed by atoms with van der Waals surface area (Å²) >= 11 is 0. The molecule has 3 aromatic carbocycles. The van der Waals surface area contributed by atoms with E-state index in [0.717, 1.165) is 0 Å². The maximum Gasteiger partial charge on any atom is 0.270 e. The third kappa shape index (κ3) is 5.77. The van der Waals surface area contributed by atoms with E-state index in [9.17, 15) is 19.7 Å². The van der Waals surface area contributed by atoms with Crippen LogP contribution in [-0.4, -0.2) is 23.8 Å². The molecule has 0 atom stereocenters. The van der Waals surface area contributed by atoms with Crippen LogP contribution in [0.1, 0.15) is 15.9 Å². The SMILES string of the molecule is COc1ccccc1NC(=O)c1ccc(NC(=O)/C=C/c2cccc([N+](=O)[O-])c2)cc1. The van der Waals surface area contributed by atoms with Crippen LogP contribution >= 0.6 is 0 Å². The van der Waals surface area contributed by atoms with E-state index in [0.29, 0.717) is 28.3 Å². The number of ether oxygens (including phenoxy) is 1. The predicted molar refractivity (Wildman–Crippen MR) is 118 cm³/mol. The minimum atomic E-state index is -0.497. The van der Waals surface area contributed by atoms with E-state index in [-0.39, 0.29) is 11.6 Å². The van der Waals surface area contributed by atoms with Gasteiger partial charge in [0.05, 0.1) is 17.7 Å². The number of anilines is 2. The maximum atomic E-state index is 12.4. The number of nitrogens with zero attached hydrogens (tertiary/aromatic N) is 1. The van der Waals surface area contributed by atoms with Gasteiger partial charge in [-0.25, -0.2) is 0 Å². The Morgan fingerprint density at radius 1 is 0.968 bits per heavy atom. The zero-order chi connectivity index (χ0) is 22.2. The van der Waals surface area contributed by atoms with Crippen LogP contribution in [0.5, 0.6) is 5.75 Å². The summed E-state index contributed by atoms with van der Waals surface area (Å²) in [5.74, 6) is -0.166. The quantitative estimate of drug-likeness (QED) is 0.334. The number of carbonyl (C=O) groups excluding carboxylic acids is 2. The molecule has 8 nitrogen and oxygen atoms in total. The molecule has 0 aliphatic rings. The van der Waals surface area contributed by atoms with Gasteiger partial charge in [0, 0.05) is 29.5 Å². The van der Waals surface area contributed by atoms with Crippen molar-refractivity contribution in [1.82, 2.24) is 0 Å². The van der Waals surface area contributed by atoms with E-state index in [4.69, 9.17) is 4.74 Å². The molecule has 0 saturated carbocycles. The number of benzene rings is 3. The van der Waals surface area contributed by atoms with Crippen LogP contribution in [0.15, 0.2) is 78.9 Å². The summed E-state index contributed by atoms with van der Waals surface area (Å²) in [6.45, 7) is 0. The van der Waals surface area contributed by atoms with Crippen molar-refractivity contribution in [3.63, 3.8) is 0 Å². The molecule has 0 aromatic heterocycles. The first kappa shape index (κ1) is 21.3. The van der Waals surface area contributed by atoms with E-state index < -0.39 is 10.8 Å². The van der Waals surface area contributed by atoms with Crippen molar-refractivity contribution in [2.75, 3.05) is 17.7 Å². The van der Waals surface area contributed by atoms with Gasteiger partial charge in [0.25, 0.3) is 11.6 Å². The molecular formula is C23H19N3O5. The molecule has 31 heavy (non-hydrogen) atoms. The minimum Gasteiger partial charge on any atom is -0.495 e. The number of nitro benzene ring substituents is 1. The molecule has 8 heteroatoms. The third-order valence-corrected chi connectivity index (χ3v) is 4.28. The number of para-hydroxylation sites is 2. The van der Waals surface area contributed by atoms with Crippen LogP contribution in [-0.2, 0) is 4.79 Å². The Labute approximate surface area is 178 Å². The fraction of sp³-hybridized carbons (Fsp3) is 0.0435. The summed E-state index contributed by atoms with van der Waals surface area (Å²) < 4.78 is 5.22. The molecule has 0 spiro atoms. The monoisotopic (exact) mass is 417 g/mol. The number of nitrogens with one attached hydrogen (secondary N) is 2. The van der Waals surface area contributed by atoms with E-state index in [1.807, 2.05) is 0 Å². The molecule has 0 aliphatic carbocycles. The van der Waals surface area contributed by atoms with Crippen LogP contribution in [0.25, 0.3) is 6.08 Å². The van der Waals surface area contributed by atoms with Gasteiger partial charge in [-0.2, -0.15) is 0 Å². The lowest BCUT2D eigenvalue weighted by Crippen LogP contribution is -2.13. The molecule has 2 N–H and O–H groups in total. The van der Waals surface area contributed by atoms with Crippen molar-refractivity contribution in [2.24, 2.45) is 0 Å². The summed E-state index contributed by atoms with van der Waals surface area (Å²) in [5, 5.41) is 16.3. The number of hydrogen-bond acceptors (Lipinski definition) is 5. The highest BCUT2D eigenvalue weighted by Crippen LogP contribution is 2.24. The number of amides is 2.